The van der Waals surface area contributed by atoms with Crippen LogP contribution in [0.5, 0.6) is 0 Å². The van der Waals surface area contributed by atoms with E-state index < -0.39 is 0 Å². The summed E-state index contributed by atoms with van der Waals surface area (Å²) >= 11 is 1.52. The Morgan fingerprint density at radius 1 is 1.53 bits per heavy atom. The van der Waals surface area contributed by atoms with Gasteiger partial charge in [0.1, 0.15) is 17.0 Å². The molecule has 4 heteroatoms. The van der Waals surface area contributed by atoms with Gasteiger partial charge in [0.25, 0.3) is 0 Å². The van der Waals surface area contributed by atoms with E-state index >= 15 is 0 Å². The molecule has 0 N–H and O–H groups in total. The summed E-state index contributed by atoms with van der Waals surface area (Å²) in [4.78, 5) is 16.0. The highest BCUT2D eigenvalue weighted by molar-refractivity contribution is 7.09. The Balaban J connectivity index is 2.10. The number of Topliss-reactive ketones (excluding diaryl/α,β-unsaturated/α-hetero) is 1. The first-order valence-corrected chi connectivity index (χ1v) is 5.52. The van der Waals surface area contributed by atoms with Crippen molar-refractivity contribution in [2.45, 2.75) is 20.3 Å². The third-order valence-corrected chi connectivity index (χ3v) is 3.00. The topological polar surface area (TPSA) is 43.1 Å². The fourth-order valence-electron chi connectivity index (χ4n) is 1.31. The molecule has 0 atom stereocenters. The second kappa shape index (κ2) is 3.98. The minimum atomic E-state index is 0.0567. The van der Waals surface area contributed by atoms with Crippen LogP contribution in [0, 0.1) is 13.8 Å². The van der Waals surface area contributed by atoms with Gasteiger partial charge in [-0.3, -0.25) is 4.79 Å². The van der Waals surface area contributed by atoms with Crippen LogP contribution in [0.3, 0.4) is 0 Å². The van der Waals surface area contributed by atoms with Gasteiger partial charge >= 0.3 is 0 Å². The molecule has 3 nitrogen and oxygen atoms in total. The highest BCUT2D eigenvalue weighted by Gasteiger charge is 2.11. The number of carbonyl (C=O) groups is 1. The SMILES string of the molecule is Cc1csc(CC(=O)c2coc(C)c2)n1. The van der Waals surface area contributed by atoms with Gasteiger partial charge in [0.05, 0.1) is 12.0 Å². The lowest BCUT2D eigenvalue weighted by Gasteiger charge is -1.92. The van der Waals surface area contributed by atoms with Crippen LogP contribution in [0.25, 0.3) is 0 Å². The third kappa shape index (κ3) is 2.33. The Kier molecular flexibility index (Phi) is 2.68. The minimum absolute atomic E-state index is 0.0567. The summed E-state index contributed by atoms with van der Waals surface area (Å²) in [5, 5.41) is 2.81. The summed E-state index contributed by atoms with van der Waals surface area (Å²) in [6, 6.07) is 1.75. The lowest BCUT2D eigenvalue weighted by molar-refractivity contribution is 0.0992. The molecule has 0 aliphatic heterocycles. The molecule has 2 aromatic rings. The zero-order valence-electron chi connectivity index (χ0n) is 8.61. The quantitative estimate of drug-likeness (QED) is 0.748. The molecule has 0 aromatic carbocycles. The van der Waals surface area contributed by atoms with E-state index in [4.69, 9.17) is 4.42 Å². The maximum Gasteiger partial charge on any atom is 0.172 e. The summed E-state index contributed by atoms with van der Waals surface area (Å²) in [7, 11) is 0. The van der Waals surface area contributed by atoms with Crippen molar-refractivity contribution < 1.29 is 9.21 Å². The predicted octanol–water partition coefficient (Wildman–Crippen LogP) is 2.78. The third-order valence-electron chi connectivity index (χ3n) is 2.03. The van der Waals surface area contributed by atoms with Crippen molar-refractivity contribution in [1.29, 1.82) is 0 Å². The van der Waals surface area contributed by atoms with Crippen LogP contribution in [-0.4, -0.2) is 10.8 Å². The molecule has 0 saturated heterocycles. The van der Waals surface area contributed by atoms with Crippen LogP contribution < -0.4 is 0 Å². The van der Waals surface area contributed by atoms with Crippen LogP contribution in [-0.2, 0) is 6.42 Å². The Hall–Kier alpha value is -1.42. The van der Waals surface area contributed by atoms with Gasteiger partial charge in [-0.05, 0) is 19.9 Å². The molecule has 0 bridgehead atoms. The smallest absolute Gasteiger partial charge is 0.172 e. The van der Waals surface area contributed by atoms with E-state index in [2.05, 4.69) is 4.98 Å². The van der Waals surface area contributed by atoms with Gasteiger partial charge in [0, 0.05) is 11.1 Å². The number of thiazole rings is 1. The molecule has 15 heavy (non-hydrogen) atoms. The Bertz CT molecular complexity index is 484. The Morgan fingerprint density at radius 2 is 2.33 bits per heavy atom. The molecule has 0 spiro atoms. The lowest BCUT2D eigenvalue weighted by atomic mass is 10.1. The van der Waals surface area contributed by atoms with Gasteiger partial charge in [0.15, 0.2) is 5.78 Å². The van der Waals surface area contributed by atoms with E-state index in [-0.39, 0.29) is 5.78 Å². The van der Waals surface area contributed by atoms with Gasteiger partial charge in [-0.2, -0.15) is 0 Å². The fraction of sp³-hybridized carbons (Fsp3) is 0.273. The van der Waals surface area contributed by atoms with Crippen LogP contribution in [0.4, 0.5) is 0 Å². The van der Waals surface area contributed by atoms with Gasteiger partial charge in [-0.25, -0.2) is 4.98 Å². The van der Waals surface area contributed by atoms with Crippen molar-refractivity contribution in [1.82, 2.24) is 4.98 Å². The normalized spacial score (nSPS) is 10.5. The molecule has 0 amide bonds. The van der Waals surface area contributed by atoms with Crippen molar-refractivity contribution >= 4 is 17.1 Å². The number of aromatic nitrogens is 1. The van der Waals surface area contributed by atoms with Crippen molar-refractivity contribution in [3.8, 4) is 0 Å². The van der Waals surface area contributed by atoms with Gasteiger partial charge in [-0.15, -0.1) is 11.3 Å². The number of ketones is 1. The largest absolute Gasteiger partial charge is 0.469 e. The first kappa shape index (κ1) is 10.1. The van der Waals surface area contributed by atoms with Crippen LogP contribution in [0.2, 0.25) is 0 Å². The van der Waals surface area contributed by atoms with Crippen molar-refractivity contribution in [3.63, 3.8) is 0 Å². The zero-order valence-corrected chi connectivity index (χ0v) is 9.43. The van der Waals surface area contributed by atoms with E-state index in [0.29, 0.717) is 12.0 Å². The van der Waals surface area contributed by atoms with Crippen LogP contribution >= 0.6 is 11.3 Å². The molecule has 0 fully saturated rings. The Morgan fingerprint density at radius 3 is 2.87 bits per heavy atom. The molecule has 0 saturated carbocycles. The van der Waals surface area contributed by atoms with E-state index in [1.165, 1.54) is 17.6 Å². The molecule has 0 aliphatic carbocycles. The summed E-state index contributed by atoms with van der Waals surface area (Å²) in [6.07, 6.45) is 1.86. The number of rotatable bonds is 3. The van der Waals surface area contributed by atoms with Crippen molar-refractivity contribution in [2.75, 3.05) is 0 Å². The molecular formula is C11H11NO2S. The highest BCUT2D eigenvalue weighted by Crippen LogP contribution is 2.14. The van der Waals surface area contributed by atoms with Gasteiger partial charge in [0.2, 0.25) is 0 Å². The minimum Gasteiger partial charge on any atom is -0.469 e. The summed E-state index contributed by atoms with van der Waals surface area (Å²) < 4.78 is 5.09. The predicted molar refractivity (Wildman–Crippen MR) is 58.3 cm³/mol. The lowest BCUT2D eigenvalue weighted by Crippen LogP contribution is -2.01. The second-order valence-electron chi connectivity index (χ2n) is 3.43. The van der Waals surface area contributed by atoms with E-state index in [1.807, 2.05) is 19.2 Å². The first-order valence-electron chi connectivity index (χ1n) is 4.64. The molecule has 0 unspecified atom stereocenters. The molecule has 78 valence electrons. The molecule has 2 rings (SSSR count). The molecule has 2 aromatic heterocycles. The average Bonchev–Trinajstić information content (AvgIpc) is 2.75. The van der Waals surface area contributed by atoms with Crippen molar-refractivity contribution in [2.24, 2.45) is 0 Å². The summed E-state index contributed by atoms with van der Waals surface area (Å²) in [6.45, 7) is 3.75. The van der Waals surface area contributed by atoms with Crippen LogP contribution in [0.1, 0.15) is 26.8 Å². The number of carbonyl (C=O) groups excluding carboxylic acids is 1. The highest BCUT2D eigenvalue weighted by atomic mass is 32.1. The number of furan rings is 1. The van der Waals surface area contributed by atoms with Crippen LogP contribution in [0.15, 0.2) is 22.1 Å². The summed E-state index contributed by atoms with van der Waals surface area (Å²) in [5.74, 6) is 0.815. The second-order valence-corrected chi connectivity index (χ2v) is 4.37. The van der Waals surface area contributed by atoms with Gasteiger partial charge in [-0.1, -0.05) is 0 Å². The van der Waals surface area contributed by atoms with Gasteiger partial charge < -0.3 is 4.42 Å². The average molecular weight is 221 g/mol. The molecule has 0 aliphatic rings. The number of hydrogen-bond acceptors (Lipinski definition) is 4. The number of nitrogens with zero attached hydrogens (tertiary/aromatic N) is 1. The number of aryl methyl sites for hydroxylation is 2. The molecule has 2 heterocycles. The maximum absolute atomic E-state index is 11.7. The first-order chi connectivity index (χ1) is 7.15. The van der Waals surface area contributed by atoms with E-state index in [1.54, 1.807) is 6.07 Å². The standard InChI is InChI=1S/C11H11NO2S/c1-7-6-15-11(12-7)4-10(13)9-3-8(2)14-5-9/h3,5-6H,4H2,1-2H3. The molecular weight excluding hydrogens is 210 g/mol. The molecule has 0 radical (unpaired) electrons. The Labute approximate surface area is 91.8 Å². The van der Waals surface area contributed by atoms with Crippen molar-refractivity contribution in [3.05, 3.63) is 39.7 Å². The maximum atomic E-state index is 11.7. The van der Waals surface area contributed by atoms with E-state index in [9.17, 15) is 4.79 Å². The zero-order chi connectivity index (χ0) is 10.8. The number of hydrogen-bond donors (Lipinski definition) is 0. The summed E-state index contributed by atoms with van der Waals surface area (Å²) in [5.41, 5.74) is 1.59. The van der Waals surface area contributed by atoms with E-state index in [0.717, 1.165) is 16.5 Å². The fourth-order valence-corrected chi connectivity index (χ4v) is 2.08. The monoisotopic (exact) mass is 221 g/mol.